The number of thioether (sulfide) groups is 1. The van der Waals surface area contributed by atoms with Crippen LogP contribution in [0.15, 0.2) is 0 Å². The van der Waals surface area contributed by atoms with E-state index in [4.69, 9.17) is 0 Å². The molecule has 2 nitrogen and oxygen atoms in total. The van der Waals surface area contributed by atoms with Crippen molar-refractivity contribution in [3.63, 3.8) is 0 Å². The second-order valence-electron chi connectivity index (χ2n) is 6.79. The van der Waals surface area contributed by atoms with Crippen molar-refractivity contribution < 1.29 is 0 Å². The molecule has 5 atom stereocenters. The summed E-state index contributed by atoms with van der Waals surface area (Å²) in [6.45, 7) is 1.26. The maximum atomic E-state index is 4.06. The van der Waals surface area contributed by atoms with Gasteiger partial charge in [0.2, 0.25) is 0 Å². The summed E-state index contributed by atoms with van der Waals surface area (Å²) in [5.74, 6) is 0.914. The van der Waals surface area contributed by atoms with E-state index in [2.05, 4.69) is 28.7 Å². The largest absolute Gasteiger partial charge is 0.314 e. The van der Waals surface area contributed by atoms with Gasteiger partial charge >= 0.3 is 0 Å². The molecule has 110 valence electrons. The highest BCUT2D eigenvalue weighted by Gasteiger charge is 2.36. The van der Waals surface area contributed by atoms with Crippen molar-refractivity contribution in [3.05, 3.63) is 0 Å². The number of rotatable bonds is 4. The molecule has 0 spiro atoms. The van der Waals surface area contributed by atoms with E-state index in [1.807, 2.05) is 0 Å². The van der Waals surface area contributed by atoms with Gasteiger partial charge < -0.3 is 10.6 Å². The Labute approximate surface area is 122 Å². The van der Waals surface area contributed by atoms with Crippen molar-refractivity contribution >= 4 is 11.8 Å². The second-order valence-corrected chi connectivity index (χ2v) is 7.93. The zero-order valence-electron chi connectivity index (χ0n) is 12.4. The summed E-state index contributed by atoms with van der Waals surface area (Å²) < 4.78 is 0. The average Bonchev–Trinajstić information content (AvgIpc) is 3.09. The van der Waals surface area contributed by atoms with E-state index in [0.717, 1.165) is 29.3 Å². The van der Waals surface area contributed by atoms with Crippen LogP contribution in [0.4, 0.5) is 0 Å². The molecule has 0 bridgehead atoms. The Kier molecular flexibility index (Phi) is 5.10. The first kappa shape index (κ1) is 14.2. The SMILES string of the molecule is CSC1CCCC(NC2CCCC2C2CCCN2)C1. The summed E-state index contributed by atoms with van der Waals surface area (Å²) in [4.78, 5) is 0. The fourth-order valence-corrected chi connectivity index (χ4v) is 5.39. The minimum atomic E-state index is 0.804. The highest BCUT2D eigenvalue weighted by molar-refractivity contribution is 7.99. The van der Waals surface area contributed by atoms with Gasteiger partial charge in [-0.2, -0.15) is 11.8 Å². The van der Waals surface area contributed by atoms with Crippen molar-refractivity contribution in [2.45, 2.75) is 81.2 Å². The Balaban J connectivity index is 1.53. The van der Waals surface area contributed by atoms with Crippen molar-refractivity contribution in [2.75, 3.05) is 12.8 Å². The lowest BCUT2D eigenvalue weighted by molar-refractivity contribution is 0.270. The first-order valence-corrected chi connectivity index (χ1v) is 9.68. The molecule has 5 unspecified atom stereocenters. The van der Waals surface area contributed by atoms with Crippen molar-refractivity contribution in [2.24, 2.45) is 5.92 Å². The lowest BCUT2D eigenvalue weighted by atomic mass is 9.90. The summed E-state index contributed by atoms with van der Waals surface area (Å²) in [7, 11) is 0. The first-order chi connectivity index (χ1) is 9.36. The van der Waals surface area contributed by atoms with Gasteiger partial charge in [0.05, 0.1) is 0 Å². The average molecular weight is 282 g/mol. The summed E-state index contributed by atoms with van der Waals surface area (Å²) in [5, 5.41) is 8.71. The van der Waals surface area contributed by atoms with E-state index in [1.54, 1.807) is 0 Å². The Morgan fingerprint density at radius 2 is 1.89 bits per heavy atom. The molecule has 3 rings (SSSR count). The van der Waals surface area contributed by atoms with Gasteiger partial charge in [-0.1, -0.05) is 12.8 Å². The maximum absolute atomic E-state index is 4.06. The van der Waals surface area contributed by atoms with E-state index in [1.165, 1.54) is 64.3 Å². The minimum Gasteiger partial charge on any atom is -0.314 e. The summed E-state index contributed by atoms with van der Waals surface area (Å²) in [6, 6.07) is 2.43. The van der Waals surface area contributed by atoms with Crippen LogP contribution in [0.25, 0.3) is 0 Å². The smallest absolute Gasteiger partial charge is 0.0113 e. The van der Waals surface area contributed by atoms with Crippen molar-refractivity contribution in [1.82, 2.24) is 10.6 Å². The molecule has 3 aliphatic rings. The van der Waals surface area contributed by atoms with Gasteiger partial charge in [0, 0.05) is 23.4 Å². The maximum Gasteiger partial charge on any atom is 0.0113 e. The summed E-state index contributed by atoms with van der Waals surface area (Å²) in [5.41, 5.74) is 0. The molecule has 0 amide bonds. The molecule has 2 saturated carbocycles. The molecule has 0 radical (unpaired) electrons. The third kappa shape index (κ3) is 3.48. The minimum absolute atomic E-state index is 0.804. The van der Waals surface area contributed by atoms with Gasteiger partial charge in [0.1, 0.15) is 0 Å². The number of hydrogen-bond acceptors (Lipinski definition) is 3. The molecule has 1 heterocycles. The Morgan fingerprint density at radius 3 is 2.68 bits per heavy atom. The van der Waals surface area contributed by atoms with Gasteiger partial charge in [0.15, 0.2) is 0 Å². The molecular formula is C16H30N2S. The fourth-order valence-electron chi connectivity index (χ4n) is 4.57. The van der Waals surface area contributed by atoms with Crippen LogP contribution in [0.1, 0.15) is 57.8 Å². The second kappa shape index (κ2) is 6.82. The zero-order chi connectivity index (χ0) is 13.1. The van der Waals surface area contributed by atoms with Crippen LogP contribution in [0.3, 0.4) is 0 Å². The van der Waals surface area contributed by atoms with E-state index in [-0.39, 0.29) is 0 Å². The highest BCUT2D eigenvalue weighted by atomic mass is 32.2. The van der Waals surface area contributed by atoms with Crippen LogP contribution in [0, 0.1) is 5.92 Å². The Morgan fingerprint density at radius 1 is 1.00 bits per heavy atom. The van der Waals surface area contributed by atoms with Gasteiger partial charge in [-0.3, -0.25) is 0 Å². The molecular weight excluding hydrogens is 252 g/mol. The van der Waals surface area contributed by atoms with Gasteiger partial charge in [-0.05, 0) is 63.7 Å². The first-order valence-electron chi connectivity index (χ1n) is 8.39. The third-order valence-electron chi connectivity index (χ3n) is 5.59. The van der Waals surface area contributed by atoms with Gasteiger partial charge in [-0.25, -0.2) is 0 Å². The molecule has 1 aliphatic heterocycles. The molecule has 0 aromatic rings. The van der Waals surface area contributed by atoms with Crippen LogP contribution >= 0.6 is 11.8 Å². The molecule has 19 heavy (non-hydrogen) atoms. The van der Waals surface area contributed by atoms with Crippen molar-refractivity contribution in [3.8, 4) is 0 Å². The standard InChI is InChI=1S/C16H30N2S/c1-19-13-6-2-5-12(11-13)18-16-8-3-7-14(16)15-9-4-10-17-15/h12-18H,2-11H2,1H3. The van der Waals surface area contributed by atoms with Gasteiger partial charge in [-0.15, -0.1) is 0 Å². The zero-order valence-corrected chi connectivity index (χ0v) is 13.2. The highest BCUT2D eigenvalue weighted by Crippen LogP contribution is 2.34. The molecule has 2 aliphatic carbocycles. The lowest BCUT2D eigenvalue weighted by Gasteiger charge is -2.34. The normalized spacial score (nSPS) is 43.7. The summed E-state index contributed by atoms with van der Waals surface area (Å²) in [6.07, 6.45) is 15.1. The Hall–Kier alpha value is 0.270. The van der Waals surface area contributed by atoms with Crippen molar-refractivity contribution in [1.29, 1.82) is 0 Å². The Bertz CT molecular complexity index is 278. The van der Waals surface area contributed by atoms with E-state index < -0.39 is 0 Å². The molecule has 3 fully saturated rings. The topological polar surface area (TPSA) is 24.1 Å². The quantitative estimate of drug-likeness (QED) is 0.828. The predicted octanol–water partition coefficient (Wildman–Crippen LogP) is 3.17. The molecule has 0 aromatic carbocycles. The van der Waals surface area contributed by atoms with E-state index >= 15 is 0 Å². The van der Waals surface area contributed by atoms with Crippen LogP contribution < -0.4 is 10.6 Å². The fraction of sp³-hybridized carbons (Fsp3) is 1.00. The lowest BCUT2D eigenvalue weighted by Crippen LogP contribution is -2.47. The monoisotopic (exact) mass is 282 g/mol. The number of nitrogens with one attached hydrogen (secondary N) is 2. The predicted molar refractivity (Wildman–Crippen MR) is 84.8 cm³/mol. The van der Waals surface area contributed by atoms with Crippen LogP contribution in [-0.4, -0.2) is 36.2 Å². The molecule has 0 aromatic heterocycles. The summed E-state index contributed by atoms with van der Waals surface area (Å²) >= 11 is 2.08. The third-order valence-corrected chi connectivity index (χ3v) is 6.69. The van der Waals surface area contributed by atoms with Crippen LogP contribution in [-0.2, 0) is 0 Å². The number of hydrogen-bond donors (Lipinski definition) is 2. The van der Waals surface area contributed by atoms with Gasteiger partial charge in [0.25, 0.3) is 0 Å². The van der Waals surface area contributed by atoms with E-state index in [9.17, 15) is 0 Å². The van der Waals surface area contributed by atoms with Crippen LogP contribution in [0.2, 0.25) is 0 Å². The molecule has 2 N–H and O–H groups in total. The van der Waals surface area contributed by atoms with E-state index in [0.29, 0.717) is 0 Å². The van der Waals surface area contributed by atoms with Crippen LogP contribution in [0.5, 0.6) is 0 Å². The molecule has 1 saturated heterocycles. The molecule has 3 heteroatoms.